The van der Waals surface area contributed by atoms with Crippen LogP contribution < -0.4 is 10.5 Å². The van der Waals surface area contributed by atoms with E-state index in [1.807, 2.05) is 6.07 Å². The highest BCUT2D eigenvalue weighted by molar-refractivity contribution is 7.89. The van der Waals surface area contributed by atoms with Crippen LogP contribution in [0, 0.1) is 0 Å². The van der Waals surface area contributed by atoms with Gasteiger partial charge in [0.15, 0.2) is 0 Å². The third-order valence-electron chi connectivity index (χ3n) is 3.18. The lowest BCUT2D eigenvalue weighted by Crippen LogP contribution is -2.23. The second kappa shape index (κ2) is 5.19. The van der Waals surface area contributed by atoms with Crippen molar-refractivity contribution < 1.29 is 8.42 Å². The number of benzene rings is 2. The molecule has 0 unspecified atom stereocenters. The van der Waals surface area contributed by atoms with E-state index < -0.39 is 10.0 Å². The number of hydrogen-bond donors (Lipinski definition) is 3. The van der Waals surface area contributed by atoms with Gasteiger partial charge in [0.05, 0.1) is 11.1 Å². The molecule has 0 aliphatic heterocycles. The molecule has 0 radical (unpaired) electrons. The van der Waals surface area contributed by atoms with Crippen LogP contribution in [0.25, 0.3) is 10.8 Å². The summed E-state index contributed by atoms with van der Waals surface area (Å²) in [6.07, 6.45) is 3.22. The van der Waals surface area contributed by atoms with Gasteiger partial charge in [-0.1, -0.05) is 18.2 Å². The molecule has 0 saturated heterocycles. The van der Waals surface area contributed by atoms with Crippen LogP contribution in [-0.2, 0) is 16.6 Å². The smallest absolute Gasteiger partial charge is 0.241 e. The second-order valence-electron chi connectivity index (χ2n) is 4.67. The predicted octanol–water partition coefficient (Wildman–Crippen LogP) is 1.62. The molecule has 0 saturated carbocycles. The number of nitrogens with two attached hydrogens (primary N) is 1. The van der Waals surface area contributed by atoms with Crippen LogP contribution >= 0.6 is 0 Å². The van der Waals surface area contributed by atoms with Crippen molar-refractivity contribution in [2.75, 3.05) is 5.73 Å². The molecule has 3 rings (SSSR count). The highest BCUT2D eigenvalue weighted by Crippen LogP contribution is 2.24. The summed E-state index contributed by atoms with van der Waals surface area (Å²) < 4.78 is 27.5. The number of aromatic nitrogens is 2. The largest absolute Gasteiger partial charge is 0.399 e. The van der Waals surface area contributed by atoms with Crippen LogP contribution in [-0.4, -0.2) is 18.6 Å². The van der Waals surface area contributed by atoms with Gasteiger partial charge in [-0.05, 0) is 23.6 Å². The highest BCUT2D eigenvalue weighted by Gasteiger charge is 2.17. The van der Waals surface area contributed by atoms with Gasteiger partial charge in [0.2, 0.25) is 10.0 Å². The van der Waals surface area contributed by atoms with E-state index in [-0.39, 0.29) is 11.4 Å². The number of fused-ring (bicyclic) bond motifs is 1. The Morgan fingerprint density at radius 2 is 2.10 bits per heavy atom. The molecule has 0 aliphatic rings. The maximum absolute atomic E-state index is 12.5. The topological polar surface area (TPSA) is 101 Å². The van der Waals surface area contributed by atoms with E-state index in [0.717, 1.165) is 10.9 Å². The van der Waals surface area contributed by atoms with Crippen LogP contribution in [0.3, 0.4) is 0 Å². The first-order valence-corrected chi connectivity index (χ1v) is 7.80. The number of rotatable bonds is 4. The van der Waals surface area contributed by atoms with Gasteiger partial charge in [0, 0.05) is 29.4 Å². The van der Waals surface area contributed by atoms with E-state index in [1.165, 1.54) is 0 Å². The summed E-state index contributed by atoms with van der Waals surface area (Å²) in [6, 6.07) is 10.3. The quantitative estimate of drug-likeness (QED) is 0.637. The van der Waals surface area contributed by atoms with E-state index in [4.69, 9.17) is 5.73 Å². The molecule has 0 bridgehead atoms. The lowest BCUT2D eigenvalue weighted by molar-refractivity contribution is 0.582. The molecule has 108 valence electrons. The molecule has 1 heterocycles. The molecule has 21 heavy (non-hydrogen) atoms. The zero-order chi connectivity index (χ0) is 14.9. The maximum Gasteiger partial charge on any atom is 0.241 e. The Bertz CT molecular complexity index is 873. The third-order valence-corrected chi connectivity index (χ3v) is 4.63. The van der Waals surface area contributed by atoms with E-state index in [9.17, 15) is 8.42 Å². The SMILES string of the molecule is Nc1ccc2c(S(=O)(=O)NCc3cn[nH]c3)cccc2c1. The van der Waals surface area contributed by atoms with Crippen molar-refractivity contribution in [3.05, 3.63) is 54.4 Å². The monoisotopic (exact) mass is 302 g/mol. The zero-order valence-corrected chi connectivity index (χ0v) is 11.9. The fourth-order valence-corrected chi connectivity index (χ4v) is 3.38. The Morgan fingerprint density at radius 1 is 1.24 bits per heavy atom. The number of hydrogen-bond acceptors (Lipinski definition) is 4. The number of H-pyrrole nitrogens is 1. The molecular formula is C14H14N4O2S. The van der Waals surface area contributed by atoms with Gasteiger partial charge in [-0.15, -0.1) is 0 Å². The van der Waals surface area contributed by atoms with Crippen molar-refractivity contribution in [3.8, 4) is 0 Å². The Balaban J connectivity index is 1.98. The molecule has 0 amide bonds. The minimum Gasteiger partial charge on any atom is -0.399 e. The molecule has 0 fully saturated rings. The van der Waals surface area contributed by atoms with Crippen LogP contribution in [0.1, 0.15) is 5.56 Å². The van der Waals surface area contributed by atoms with Crippen LogP contribution in [0.2, 0.25) is 0 Å². The molecule has 4 N–H and O–H groups in total. The summed E-state index contributed by atoms with van der Waals surface area (Å²) in [5.74, 6) is 0. The molecule has 6 nitrogen and oxygen atoms in total. The van der Waals surface area contributed by atoms with Gasteiger partial charge >= 0.3 is 0 Å². The van der Waals surface area contributed by atoms with E-state index in [1.54, 1.807) is 42.7 Å². The van der Waals surface area contributed by atoms with E-state index in [0.29, 0.717) is 11.1 Å². The van der Waals surface area contributed by atoms with Gasteiger partial charge in [0.1, 0.15) is 0 Å². The van der Waals surface area contributed by atoms with Crippen LogP contribution in [0.15, 0.2) is 53.7 Å². The lowest BCUT2D eigenvalue weighted by Gasteiger charge is -2.09. The zero-order valence-electron chi connectivity index (χ0n) is 11.1. The predicted molar refractivity (Wildman–Crippen MR) is 81.0 cm³/mol. The van der Waals surface area contributed by atoms with E-state index in [2.05, 4.69) is 14.9 Å². The Hall–Kier alpha value is -2.38. The second-order valence-corrected chi connectivity index (χ2v) is 6.40. The number of aromatic amines is 1. The third kappa shape index (κ3) is 2.74. The van der Waals surface area contributed by atoms with Crippen molar-refractivity contribution >= 4 is 26.5 Å². The van der Waals surface area contributed by atoms with Crippen molar-refractivity contribution in [2.24, 2.45) is 0 Å². The molecule has 3 aromatic rings. The molecule has 2 aromatic carbocycles. The van der Waals surface area contributed by atoms with Gasteiger partial charge in [-0.3, -0.25) is 5.10 Å². The molecule has 0 atom stereocenters. The van der Waals surface area contributed by atoms with Gasteiger partial charge in [-0.2, -0.15) is 5.10 Å². The fourth-order valence-electron chi connectivity index (χ4n) is 2.14. The maximum atomic E-state index is 12.5. The number of sulfonamides is 1. The first-order chi connectivity index (χ1) is 10.1. The Labute approximate surface area is 122 Å². The number of anilines is 1. The summed E-state index contributed by atoms with van der Waals surface area (Å²) in [7, 11) is -3.61. The molecular weight excluding hydrogens is 288 g/mol. The molecule has 0 spiro atoms. The fraction of sp³-hybridized carbons (Fsp3) is 0.0714. The van der Waals surface area contributed by atoms with Gasteiger partial charge < -0.3 is 5.73 Å². The summed E-state index contributed by atoms with van der Waals surface area (Å²) in [5, 5.41) is 7.86. The average molecular weight is 302 g/mol. The normalized spacial score (nSPS) is 11.8. The van der Waals surface area contributed by atoms with Crippen molar-refractivity contribution in [2.45, 2.75) is 11.4 Å². The summed E-state index contributed by atoms with van der Waals surface area (Å²) >= 11 is 0. The number of nitrogen functional groups attached to an aromatic ring is 1. The number of nitrogens with zero attached hydrogens (tertiary/aromatic N) is 1. The standard InChI is InChI=1S/C14H14N4O2S/c15-12-4-5-13-11(6-12)2-1-3-14(13)21(19,20)18-9-10-7-16-17-8-10/h1-8,18H,9,15H2,(H,16,17). The summed E-state index contributed by atoms with van der Waals surface area (Å²) in [6.45, 7) is 0.185. The summed E-state index contributed by atoms with van der Waals surface area (Å²) in [5.41, 5.74) is 7.10. The van der Waals surface area contributed by atoms with Crippen LogP contribution in [0.5, 0.6) is 0 Å². The average Bonchev–Trinajstić information content (AvgIpc) is 2.97. The Morgan fingerprint density at radius 3 is 2.86 bits per heavy atom. The van der Waals surface area contributed by atoms with Gasteiger partial charge in [-0.25, -0.2) is 13.1 Å². The first-order valence-electron chi connectivity index (χ1n) is 6.32. The Kier molecular flexibility index (Phi) is 3.36. The molecule has 1 aromatic heterocycles. The first kappa shape index (κ1) is 13.6. The van der Waals surface area contributed by atoms with E-state index >= 15 is 0 Å². The molecule has 7 heteroatoms. The van der Waals surface area contributed by atoms with Gasteiger partial charge in [0.25, 0.3) is 0 Å². The lowest BCUT2D eigenvalue weighted by atomic mass is 10.1. The minimum atomic E-state index is -3.61. The van der Waals surface area contributed by atoms with Crippen LogP contribution in [0.4, 0.5) is 5.69 Å². The highest BCUT2D eigenvalue weighted by atomic mass is 32.2. The molecule has 0 aliphatic carbocycles. The van der Waals surface area contributed by atoms with Crippen molar-refractivity contribution in [1.29, 1.82) is 0 Å². The van der Waals surface area contributed by atoms with Crippen molar-refractivity contribution in [1.82, 2.24) is 14.9 Å². The van der Waals surface area contributed by atoms with Crippen molar-refractivity contribution in [3.63, 3.8) is 0 Å². The minimum absolute atomic E-state index is 0.185. The number of nitrogens with one attached hydrogen (secondary N) is 2. The summed E-state index contributed by atoms with van der Waals surface area (Å²) in [4.78, 5) is 0.239.